The van der Waals surface area contributed by atoms with Gasteiger partial charge in [0.2, 0.25) is 0 Å². The number of rotatable bonds is 15. The number of benzene rings is 5. The van der Waals surface area contributed by atoms with Crippen molar-refractivity contribution in [2.24, 2.45) is 7.05 Å². The third-order valence-electron chi connectivity index (χ3n) is 10.8. The first-order chi connectivity index (χ1) is 28.4. The summed E-state index contributed by atoms with van der Waals surface area (Å²) in [6, 6.07) is 36.5. The van der Waals surface area contributed by atoms with Crippen LogP contribution in [0.3, 0.4) is 0 Å². The largest absolute Gasteiger partial charge is 0.478 e. The third-order valence-corrected chi connectivity index (χ3v) is 13.4. The molecule has 0 saturated carbocycles. The van der Waals surface area contributed by atoms with E-state index in [9.17, 15) is 27.8 Å². The first-order valence-electron chi connectivity index (χ1n) is 19.5. The molecule has 0 spiro atoms. The fourth-order valence-electron chi connectivity index (χ4n) is 7.58. The molecule has 1 saturated heterocycles. The van der Waals surface area contributed by atoms with Gasteiger partial charge in [-0.1, -0.05) is 30.3 Å². The van der Waals surface area contributed by atoms with Crippen molar-refractivity contribution < 1.29 is 27.8 Å². The second-order valence-electron chi connectivity index (χ2n) is 14.7. The van der Waals surface area contributed by atoms with Gasteiger partial charge < -0.3 is 29.9 Å². The van der Waals surface area contributed by atoms with Gasteiger partial charge in [-0.2, -0.15) is 0 Å². The van der Waals surface area contributed by atoms with E-state index in [4.69, 9.17) is 0 Å². The maximum atomic E-state index is 13.8. The second kappa shape index (κ2) is 18.0. The highest BCUT2D eigenvalue weighted by molar-refractivity contribution is 7.99. The van der Waals surface area contributed by atoms with Crippen molar-refractivity contribution in [3.63, 3.8) is 0 Å². The monoisotopic (exact) mass is 833 g/mol. The van der Waals surface area contributed by atoms with Crippen LogP contribution in [-0.4, -0.2) is 73.7 Å². The lowest BCUT2D eigenvalue weighted by molar-refractivity contribution is 0.0696. The zero-order chi connectivity index (χ0) is 41.7. The summed E-state index contributed by atoms with van der Waals surface area (Å²) in [6.07, 6.45) is 0.563. The van der Waals surface area contributed by atoms with Crippen molar-refractivity contribution in [3.05, 3.63) is 144 Å². The van der Waals surface area contributed by atoms with Crippen LogP contribution < -0.4 is 19.8 Å². The van der Waals surface area contributed by atoms with E-state index in [2.05, 4.69) is 32.0 Å². The number of aryl methyl sites for hydroxylation is 1. The third kappa shape index (κ3) is 9.43. The fourth-order valence-corrected chi connectivity index (χ4v) is 9.71. The number of carboxylic acid groups (broad SMARTS) is 1. The van der Waals surface area contributed by atoms with E-state index < -0.39 is 16.0 Å². The maximum absolute atomic E-state index is 13.8. The summed E-state index contributed by atoms with van der Waals surface area (Å²) in [6.45, 7) is 6.60. The van der Waals surface area contributed by atoms with Gasteiger partial charge in [-0.3, -0.25) is 4.72 Å². The van der Waals surface area contributed by atoms with E-state index in [-0.39, 0.29) is 28.9 Å². The van der Waals surface area contributed by atoms with E-state index in [1.807, 2.05) is 73.1 Å². The minimum Gasteiger partial charge on any atom is -0.478 e. The number of carboxylic acids is 1. The Labute approximate surface area is 349 Å². The number of aliphatic hydroxyl groups excluding tert-OH is 1. The molecule has 0 unspecified atom stereocenters. The number of halogens is 1. The van der Waals surface area contributed by atoms with Crippen LogP contribution in [0.2, 0.25) is 0 Å². The number of nitrogens with zero attached hydrogens (tertiary/aromatic N) is 3. The number of sulfonamides is 1. The highest BCUT2D eigenvalue weighted by atomic mass is 32.2. The fraction of sp³-hybridized carbons (Fsp3) is 0.239. The Morgan fingerprint density at radius 3 is 2.14 bits per heavy atom. The molecule has 0 bridgehead atoms. The molecule has 1 aliphatic heterocycles. The summed E-state index contributed by atoms with van der Waals surface area (Å²) < 4.78 is 45.4. The molecule has 5 aromatic carbocycles. The van der Waals surface area contributed by atoms with Gasteiger partial charge in [-0.25, -0.2) is 17.6 Å². The first kappa shape index (κ1) is 41.4. The zero-order valence-electron chi connectivity index (χ0n) is 33.2. The summed E-state index contributed by atoms with van der Waals surface area (Å²) in [5.74, 6) is -0.630. The summed E-state index contributed by atoms with van der Waals surface area (Å²) in [4.78, 5) is 18.4. The molecule has 0 amide bonds. The number of carbonyl (C=O) groups is 1. The lowest BCUT2D eigenvalue weighted by Gasteiger charge is -2.37. The van der Waals surface area contributed by atoms with Crippen LogP contribution in [0, 0.1) is 19.7 Å². The van der Waals surface area contributed by atoms with Gasteiger partial charge >= 0.3 is 5.97 Å². The van der Waals surface area contributed by atoms with E-state index >= 15 is 0 Å². The number of nitrogens with one attached hydrogen (secondary N) is 2. The van der Waals surface area contributed by atoms with Gasteiger partial charge in [0.1, 0.15) is 5.82 Å². The van der Waals surface area contributed by atoms with E-state index in [1.54, 1.807) is 61.2 Å². The molecule has 0 radical (unpaired) electrons. The Balaban J connectivity index is 0.987. The lowest BCUT2D eigenvalue weighted by Crippen LogP contribution is -2.46. The normalized spacial score (nSPS) is 13.6. The van der Waals surface area contributed by atoms with Gasteiger partial charge in [0.25, 0.3) is 10.0 Å². The average Bonchev–Trinajstić information content (AvgIpc) is 3.51. The zero-order valence-corrected chi connectivity index (χ0v) is 34.9. The van der Waals surface area contributed by atoms with Crippen LogP contribution in [0.5, 0.6) is 0 Å². The number of piperazine rings is 1. The van der Waals surface area contributed by atoms with Gasteiger partial charge in [-0.15, -0.1) is 11.8 Å². The van der Waals surface area contributed by atoms with Crippen molar-refractivity contribution >= 4 is 50.5 Å². The number of anilines is 4. The Hall–Kier alpha value is -5.76. The summed E-state index contributed by atoms with van der Waals surface area (Å²) in [5.41, 5.74) is 7.66. The molecule has 1 fully saturated rings. The molecule has 0 aliphatic carbocycles. The highest BCUT2D eigenvalue weighted by Gasteiger charge is 2.27. The van der Waals surface area contributed by atoms with Crippen molar-refractivity contribution in [1.82, 2.24) is 4.57 Å². The number of aromatic nitrogens is 1. The molecule has 2 heterocycles. The predicted octanol–water partition coefficient (Wildman–Crippen LogP) is 8.90. The van der Waals surface area contributed by atoms with Crippen LogP contribution in [0.25, 0.3) is 22.4 Å². The predicted molar refractivity (Wildman–Crippen MR) is 237 cm³/mol. The Morgan fingerprint density at radius 1 is 0.814 bits per heavy atom. The molecule has 1 aliphatic rings. The van der Waals surface area contributed by atoms with Crippen LogP contribution >= 0.6 is 11.8 Å². The molecule has 1 atom stereocenters. The first-order valence-corrected chi connectivity index (χ1v) is 22.0. The molecular formula is C46H48FN5O5S2. The SMILES string of the molecule is Cc1cc(S(=O)(=O)Nc2ccc(N3CCN(c4cccc(-c5c(C(=O)O)c(C)n(C)c5-c5ccc(F)cc5)c4)CC3)cc2)ccc1N[C@H](CCO)CSc1ccccc1. The van der Waals surface area contributed by atoms with Gasteiger partial charge in [0, 0.05) is 90.5 Å². The van der Waals surface area contributed by atoms with Gasteiger partial charge in [0.15, 0.2) is 0 Å². The second-order valence-corrected chi connectivity index (χ2v) is 17.5. The van der Waals surface area contributed by atoms with E-state index in [1.165, 1.54) is 12.1 Å². The van der Waals surface area contributed by atoms with E-state index in [0.717, 1.165) is 70.6 Å². The molecular weight excluding hydrogens is 786 g/mol. The van der Waals surface area contributed by atoms with Crippen molar-refractivity contribution in [3.8, 4) is 22.4 Å². The van der Waals surface area contributed by atoms with Crippen LogP contribution in [0.1, 0.15) is 28.0 Å². The molecule has 10 nitrogen and oxygen atoms in total. The van der Waals surface area contributed by atoms with Crippen molar-refractivity contribution in [2.45, 2.75) is 36.1 Å². The van der Waals surface area contributed by atoms with Crippen LogP contribution in [-0.2, 0) is 17.1 Å². The van der Waals surface area contributed by atoms with Crippen LogP contribution in [0.4, 0.5) is 27.1 Å². The van der Waals surface area contributed by atoms with Crippen molar-refractivity contribution in [1.29, 1.82) is 0 Å². The molecule has 6 aromatic rings. The molecule has 1 aromatic heterocycles. The quantitative estimate of drug-likeness (QED) is 0.0751. The molecule has 59 heavy (non-hydrogen) atoms. The standard InChI is InChI=1S/C46H48FN5O5S2/c1-31-28-41(20-21-42(31)48-37(22-27-53)30-58-40-10-5-4-6-11-40)59(56,57)49-36-16-18-38(19-17-36)51-23-25-52(26-24-51)39-9-7-8-34(29-39)44-43(46(54)55)32(2)50(3)45(44)33-12-14-35(47)15-13-33/h4-21,28-29,37,48-49,53H,22-27,30H2,1-3H3,(H,54,55)/t37-/m1/s1. The van der Waals surface area contributed by atoms with Crippen LogP contribution in [0.15, 0.2) is 131 Å². The van der Waals surface area contributed by atoms with Gasteiger partial charge in [-0.05, 0) is 128 Å². The summed E-state index contributed by atoms with van der Waals surface area (Å²) >= 11 is 1.70. The van der Waals surface area contributed by atoms with Gasteiger partial charge in [0.05, 0.1) is 16.2 Å². The smallest absolute Gasteiger partial charge is 0.338 e. The number of hydrogen-bond donors (Lipinski definition) is 4. The summed E-state index contributed by atoms with van der Waals surface area (Å²) in [7, 11) is -2.03. The maximum Gasteiger partial charge on any atom is 0.338 e. The highest BCUT2D eigenvalue weighted by Crippen LogP contribution is 2.40. The molecule has 306 valence electrons. The Morgan fingerprint density at radius 2 is 1.49 bits per heavy atom. The molecule has 4 N–H and O–H groups in total. The Kier molecular flexibility index (Phi) is 12.6. The number of thioether (sulfide) groups is 1. The van der Waals surface area contributed by atoms with E-state index in [0.29, 0.717) is 29.1 Å². The van der Waals surface area contributed by atoms with Crippen molar-refractivity contribution in [2.75, 3.05) is 58.4 Å². The lowest BCUT2D eigenvalue weighted by atomic mass is 9.96. The molecule has 13 heteroatoms. The minimum atomic E-state index is -3.86. The average molecular weight is 834 g/mol. The number of hydrogen-bond acceptors (Lipinski definition) is 8. The minimum absolute atomic E-state index is 0.00111. The number of aromatic carboxylic acids is 1. The molecule has 7 rings (SSSR count). The Bertz CT molecular complexity index is 2520. The summed E-state index contributed by atoms with van der Waals surface area (Å²) in [5, 5.41) is 23.4. The number of aliphatic hydroxyl groups is 1. The topological polar surface area (TPSA) is 127 Å².